The molecule has 19 heavy (non-hydrogen) atoms. The summed E-state index contributed by atoms with van der Waals surface area (Å²) in [6.45, 7) is 8.64. The molecule has 0 bridgehead atoms. The fourth-order valence-corrected chi connectivity index (χ4v) is 2.83. The lowest BCUT2D eigenvalue weighted by molar-refractivity contribution is 0.00263. The number of likely N-dealkylation sites (N-methyl/N-ethyl adjacent to an activating group) is 1. The topological polar surface area (TPSA) is 32.5 Å². The second kappa shape index (κ2) is 6.04. The number of nitrogens with zero attached hydrogens (tertiary/aromatic N) is 2. The van der Waals surface area contributed by atoms with Crippen LogP contribution < -0.4 is 5.73 Å². The normalized spacial score (nSPS) is 24.5. The molecular formula is C16H27N3. The summed E-state index contributed by atoms with van der Waals surface area (Å²) in [5, 5.41) is 0. The number of hydrogen-bond donors (Lipinski definition) is 1. The molecule has 0 amide bonds. The van der Waals surface area contributed by atoms with Crippen LogP contribution in [0.4, 0.5) is 0 Å². The molecule has 2 rings (SSSR count). The average Bonchev–Trinajstić information content (AvgIpc) is 2.40. The largest absolute Gasteiger partial charge is 0.329 e. The van der Waals surface area contributed by atoms with Crippen LogP contribution in [0.2, 0.25) is 0 Å². The first kappa shape index (κ1) is 14.5. The fraction of sp³-hybridized carbons (Fsp3) is 0.625. The minimum Gasteiger partial charge on any atom is -0.329 e. The SMILES string of the molecule is CN1CC(CN)N(CCc2ccccc2)CC1(C)C. The molecule has 1 heterocycles. The number of nitrogens with two attached hydrogens (primary N) is 1. The number of rotatable bonds is 4. The molecule has 1 aliphatic rings. The summed E-state index contributed by atoms with van der Waals surface area (Å²) in [5.74, 6) is 0. The highest BCUT2D eigenvalue weighted by Gasteiger charge is 2.35. The van der Waals surface area contributed by atoms with Gasteiger partial charge in [-0.25, -0.2) is 0 Å². The zero-order chi connectivity index (χ0) is 13.9. The van der Waals surface area contributed by atoms with E-state index in [1.165, 1.54) is 5.56 Å². The van der Waals surface area contributed by atoms with Crippen LogP contribution in [-0.4, -0.2) is 54.6 Å². The summed E-state index contributed by atoms with van der Waals surface area (Å²) in [6.07, 6.45) is 1.11. The van der Waals surface area contributed by atoms with E-state index in [-0.39, 0.29) is 5.54 Å². The van der Waals surface area contributed by atoms with Crippen molar-refractivity contribution in [3.8, 4) is 0 Å². The van der Waals surface area contributed by atoms with Gasteiger partial charge in [0.05, 0.1) is 0 Å². The van der Waals surface area contributed by atoms with Crippen LogP contribution in [0.3, 0.4) is 0 Å². The second-order valence-corrected chi connectivity index (χ2v) is 6.29. The zero-order valence-corrected chi connectivity index (χ0v) is 12.5. The molecule has 1 unspecified atom stereocenters. The van der Waals surface area contributed by atoms with Crippen molar-refractivity contribution in [2.24, 2.45) is 5.73 Å². The minimum absolute atomic E-state index is 0.238. The first-order valence-corrected chi connectivity index (χ1v) is 7.22. The Morgan fingerprint density at radius 2 is 1.95 bits per heavy atom. The molecule has 0 aliphatic carbocycles. The highest BCUT2D eigenvalue weighted by molar-refractivity contribution is 5.15. The smallest absolute Gasteiger partial charge is 0.0346 e. The predicted molar refractivity (Wildman–Crippen MR) is 81.3 cm³/mol. The van der Waals surface area contributed by atoms with Crippen LogP contribution in [0.25, 0.3) is 0 Å². The minimum atomic E-state index is 0.238. The van der Waals surface area contributed by atoms with Crippen LogP contribution in [0, 0.1) is 0 Å². The van der Waals surface area contributed by atoms with E-state index in [2.05, 4.69) is 61.0 Å². The monoisotopic (exact) mass is 261 g/mol. The summed E-state index contributed by atoms with van der Waals surface area (Å²) >= 11 is 0. The summed E-state index contributed by atoms with van der Waals surface area (Å²) in [6, 6.07) is 11.2. The lowest BCUT2D eigenvalue weighted by atomic mass is 9.95. The molecule has 1 aromatic rings. The number of hydrogen-bond acceptors (Lipinski definition) is 3. The summed E-state index contributed by atoms with van der Waals surface area (Å²) in [4.78, 5) is 5.00. The molecule has 1 aromatic carbocycles. The van der Waals surface area contributed by atoms with Gasteiger partial charge < -0.3 is 5.73 Å². The van der Waals surface area contributed by atoms with E-state index in [0.717, 1.165) is 32.6 Å². The van der Waals surface area contributed by atoms with Crippen molar-refractivity contribution in [2.45, 2.75) is 31.8 Å². The van der Waals surface area contributed by atoms with E-state index in [9.17, 15) is 0 Å². The molecule has 0 spiro atoms. The van der Waals surface area contributed by atoms with Crippen molar-refractivity contribution in [2.75, 3.05) is 33.2 Å². The lowest BCUT2D eigenvalue weighted by Crippen LogP contribution is -2.63. The maximum Gasteiger partial charge on any atom is 0.0346 e. The number of piperazine rings is 1. The van der Waals surface area contributed by atoms with Crippen molar-refractivity contribution in [3.05, 3.63) is 35.9 Å². The zero-order valence-electron chi connectivity index (χ0n) is 12.5. The highest BCUT2D eigenvalue weighted by Crippen LogP contribution is 2.22. The van der Waals surface area contributed by atoms with Crippen molar-refractivity contribution in [1.29, 1.82) is 0 Å². The maximum atomic E-state index is 5.95. The fourth-order valence-electron chi connectivity index (χ4n) is 2.83. The van der Waals surface area contributed by atoms with Crippen molar-refractivity contribution < 1.29 is 0 Å². The van der Waals surface area contributed by atoms with Gasteiger partial charge in [0, 0.05) is 37.8 Å². The predicted octanol–water partition coefficient (Wildman–Crippen LogP) is 1.58. The molecule has 1 aliphatic heterocycles. The number of benzene rings is 1. The van der Waals surface area contributed by atoms with Gasteiger partial charge in [-0.15, -0.1) is 0 Å². The Hall–Kier alpha value is -0.900. The molecule has 3 heteroatoms. The van der Waals surface area contributed by atoms with E-state index >= 15 is 0 Å². The molecule has 106 valence electrons. The van der Waals surface area contributed by atoms with Gasteiger partial charge in [0.15, 0.2) is 0 Å². The lowest BCUT2D eigenvalue weighted by Gasteiger charge is -2.49. The van der Waals surface area contributed by atoms with Gasteiger partial charge >= 0.3 is 0 Å². The van der Waals surface area contributed by atoms with E-state index < -0.39 is 0 Å². The third kappa shape index (κ3) is 3.56. The van der Waals surface area contributed by atoms with Gasteiger partial charge in [-0.1, -0.05) is 30.3 Å². The molecule has 1 atom stereocenters. The maximum absolute atomic E-state index is 5.95. The molecule has 1 saturated heterocycles. The Labute approximate surface area is 117 Å². The van der Waals surface area contributed by atoms with Gasteiger partial charge in [-0.3, -0.25) is 9.80 Å². The standard InChI is InChI=1S/C16H27N3/c1-16(2)13-19(15(11-17)12-18(16)3)10-9-14-7-5-4-6-8-14/h4-8,15H,9-13,17H2,1-3H3. The summed E-state index contributed by atoms with van der Waals surface area (Å²) < 4.78 is 0. The van der Waals surface area contributed by atoms with Gasteiger partial charge in [0.25, 0.3) is 0 Å². The first-order valence-electron chi connectivity index (χ1n) is 7.22. The third-order valence-electron chi connectivity index (χ3n) is 4.43. The second-order valence-electron chi connectivity index (χ2n) is 6.29. The van der Waals surface area contributed by atoms with Crippen LogP contribution in [0.1, 0.15) is 19.4 Å². The molecule has 0 radical (unpaired) electrons. The first-order chi connectivity index (χ1) is 9.03. The Kier molecular flexibility index (Phi) is 4.61. The molecular weight excluding hydrogens is 234 g/mol. The molecule has 0 saturated carbocycles. The quantitative estimate of drug-likeness (QED) is 0.893. The van der Waals surface area contributed by atoms with Crippen molar-refractivity contribution in [3.63, 3.8) is 0 Å². The molecule has 1 fully saturated rings. The van der Waals surface area contributed by atoms with Gasteiger partial charge in [-0.2, -0.15) is 0 Å². The molecule has 3 nitrogen and oxygen atoms in total. The summed E-state index contributed by atoms with van der Waals surface area (Å²) in [5.41, 5.74) is 7.60. The van der Waals surface area contributed by atoms with Crippen LogP contribution >= 0.6 is 0 Å². The van der Waals surface area contributed by atoms with Crippen LogP contribution in [0.15, 0.2) is 30.3 Å². The Balaban J connectivity index is 1.97. The average molecular weight is 261 g/mol. The Morgan fingerprint density at radius 1 is 1.26 bits per heavy atom. The molecule has 2 N–H and O–H groups in total. The Bertz CT molecular complexity index is 388. The van der Waals surface area contributed by atoms with Crippen molar-refractivity contribution in [1.82, 2.24) is 9.80 Å². The van der Waals surface area contributed by atoms with E-state index in [1.54, 1.807) is 0 Å². The highest BCUT2D eigenvalue weighted by atomic mass is 15.3. The third-order valence-corrected chi connectivity index (χ3v) is 4.43. The van der Waals surface area contributed by atoms with Gasteiger partial charge in [-0.05, 0) is 32.9 Å². The van der Waals surface area contributed by atoms with E-state index in [0.29, 0.717) is 6.04 Å². The van der Waals surface area contributed by atoms with E-state index in [1.807, 2.05) is 0 Å². The van der Waals surface area contributed by atoms with Crippen LogP contribution in [-0.2, 0) is 6.42 Å². The van der Waals surface area contributed by atoms with Crippen molar-refractivity contribution >= 4 is 0 Å². The van der Waals surface area contributed by atoms with Crippen LogP contribution in [0.5, 0.6) is 0 Å². The van der Waals surface area contributed by atoms with Gasteiger partial charge in [0.2, 0.25) is 0 Å². The molecule has 0 aromatic heterocycles. The van der Waals surface area contributed by atoms with E-state index in [4.69, 9.17) is 5.73 Å². The van der Waals surface area contributed by atoms with Gasteiger partial charge in [0.1, 0.15) is 0 Å². The Morgan fingerprint density at radius 3 is 2.58 bits per heavy atom. The summed E-state index contributed by atoms with van der Waals surface area (Å²) in [7, 11) is 2.21.